The highest BCUT2D eigenvalue weighted by atomic mass is 79.9. The highest BCUT2D eigenvalue weighted by Crippen LogP contribution is 2.35. The maximum absolute atomic E-state index is 14.1. The van der Waals surface area contributed by atoms with Gasteiger partial charge in [0.2, 0.25) is 5.91 Å². The van der Waals surface area contributed by atoms with E-state index in [4.69, 9.17) is 5.10 Å². The first-order valence-corrected chi connectivity index (χ1v) is 14.8. The number of aliphatic hydroxyl groups is 1. The van der Waals surface area contributed by atoms with E-state index in [0.717, 1.165) is 66.8 Å². The van der Waals surface area contributed by atoms with Gasteiger partial charge in [0.1, 0.15) is 0 Å². The molecule has 1 unspecified atom stereocenters. The standard InChI is InChI=1S/C30H34BrF2N5O2/c1-19(39)36-12-9-29-25(18-36)30(21-2-4-26(32)27(33)15-21)34-38(29)17-24(40)16-35-10-7-23(8-11-35)37-13-6-20-14-22(31)3-5-28(20)37/h2-5,14-15,23-24,40H,6-13,16-18H2,1H3. The van der Waals surface area contributed by atoms with Crippen molar-refractivity contribution in [2.75, 3.05) is 37.6 Å². The summed E-state index contributed by atoms with van der Waals surface area (Å²) in [4.78, 5) is 18.7. The van der Waals surface area contributed by atoms with E-state index in [-0.39, 0.29) is 5.91 Å². The molecule has 40 heavy (non-hydrogen) atoms. The molecule has 6 rings (SSSR count). The minimum atomic E-state index is -0.936. The highest BCUT2D eigenvalue weighted by molar-refractivity contribution is 9.10. The van der Waals surface area contributed by atoms with Crippen LogP contribution in [0.3, 0.4) is 0 Å². The molecule has 1 atom stereocenters. The van der Waals surface area contributed by atoms with Crippen molar-refractivity contribution in [3.05, 3.63) is 69.3 Å². The van der Waals surface area contributed by atoms with Crippen LogP contribution in [0.4, 0.5) is 14.5 Å². The second kappa shape index (κ2) is 11.2. The third-order valence-corrected chi connectivity index (χ3v) is 9.09. The van der Waals surface area contributed by atoms with Crippen LogP contribution in [0.15, 0.2) is 40.9 Å². The number of aromatic nitrogens is 2. The molecule has 10 heteroatoms. The fourth-order valence-corrected chi connectivity index (χ4v) is 6.94. The number of benzene rings is 2. The number of rotatable bonds is 6. The van der Waals surface area contributed by atoms with Crippen LogP contribution in [0.1, 0.15) is 36.6 Å². The number of likely N-dealkylation sites (tertiary alicyclic amines) is 1. The Balaban J connectivity index is 1.12. The van der Waals surface area contributed by atoms with Crippen LogP contribution < -0.4 is 4.90 Å². The summed E-state index contributed by atoms with van der Waals surface area (Å²) < 4.78 is 30.6. The van der Waals surface area contributed by atoms with Crippen LogP contribution in [0.2, 0.25) is 0 Å². The van der Waals surface area contributed by atoms with Crippen molar-refractivity contribution in [1.29, 1.82) is 0 Å². The minimum Gasteiger partial charge on any atom is -0.390 e. The molecule has 1 fully saturated rings. The molecule has 7 nitrogen and oxygen atoms in total. The molecule has 2 aromatic carbocycles. The van der Waals surface area contributed by atoms with Crippen LogP contribution in [-0.2, 0) is 30.7 Å². The number of halogens is 3. The number of carbonyl (C=O) groups excluding carboxylic acids is 1. The summed E-state index contributed by atoms with van der Waals surface area (Å²) in [5.74, 6) is -1.89. The predicted octanol–water partition coefficient (Wildman–Crippen LogP) is 4.38. The van der Waals surface area contributed by atoms with E-state index in [9.17, 15) is 18.7 Å². The zero-order valence-corrected chi connectivity index (χ0v) is 24.2. The van der Waals surface area contributed by atoms with Crippen molar-refractivity contribution >= 4 is 27.5 Å². The molecule has 4 heterocycles. The van der Waals surface area contributed by atoms with E-state index in [1.54, 1.807) is 9.58 Å². The molecule has 1 saturated heterocycles. The lowest BCUT2D eigenvalue weighted by Gasteiger charge is -2.38. The van der Waals surface area contributed by atoms with Gasteiger partial charge in [-0.3, -0.25) is 9.48 Å². The van der Waals surface area contributed by atoms with E-state index < -0.39 is 17.7 Å². The number of amides is 1. The van der Waals surface area contributed by atoms with Crippen molar-refractivity contribution in [2.45, 2.75) is 57.8 Å². The largest absolute Gasteiger partial charge is 0.390 e. The molecule has 3 aliphatic rings. The average molecular weight is 615 g/mol. The molecular weight excluding hydrogens is 580 g/mol. The lowest BCUT2D eigenvalue weighted by Crippen LogP contribution is -2.47. The molecule has 1 amide bonds. The smallest absolute Gasteiger partial charge is 0.219 e. The van der Waals surface area contributed by atoms with Gasteiger partial charge >= 0.3 is 0 Å². The van der Waals surface area contributed by atoms with Gasteiger partial charge in [-0.25, -0.2) is 8.78 Å². The van der Waals surface area contributed by atoms with E-state index in [1.165, 1.54) is 24.2 Å². The van der Waals surface area contributed by atoms with Crippen molar-refractivity contribution in [3.63, 3.8) is 0 Å². The lowest BCUT2D eigenvalue weighted by molar-refractivity contribution is -0.129. The van der Waals surface area contributed by atoms with Gasteiger partial charge in [0, 0.05) is 85.6 Å². The van der Waals surface area contributed by atoms with Gasteiger partial charge in [0.05, 0.1) is 18.3 Å². The van der Waals surface area contributed by atoms with E-state index in [1.807, 2.05) is 0 Å². The molecule has 1 aromatic heterocycles. The quantitative estimate of drug-likeness (QED) is 0.447. The van der Waals surface area contributed by atoms with Gasteiger partial charge in [-0.15, -0.1) is 0 Å². The molecule has 3 aromatic rings. The number of carbonyl (C=O) groups is 1. The van der Waals surface area contributed by atoms with Gasteiger partial charge in [-0.05, 0) is 61.2 Å². The number of hydrogen-bond donors (Lipinski definition) is 1. The molecule has 1 N–H and O–H groups in total. The zero-order valence-electron chi connectivity index (χ0n) is 22.6. The normalized spacial score (nSPS) is 18.6. The van der Waals surface area contributed by atoms with E-state index in [0.29, 0.717) is 49.9 Å². The number of β-amino-alcohol motifs (C(OH)–C–C–N with tert-alkyl or cyclic N) is 1. The van der Waals surface area contributed by atoms with Crippen molar-refractivity contribution in [2.24, 2.45) is 0 Å². The first-order chi connectivity index (χ1) is 19.3. The Hall–Kier alpha value is -2.82. The first-order valence-electron chi connectivity index (χ1n) is 14.0. The number of piperidine rings is 1. The Morgan fingerprint density at radius 2 is 1.85 bits per heavy atom. The van der Waals surface area contributed by atoms with E-state index in [2.05, 4.69) is 43.9 Å². The molecule has 0 radical (unpaired) electrons. The van der Waals surface area contributed by atoms with Gasteiger partial charge < -0.3 is 19.8 Å². The molecule has 0 bridgehead atoms. The molecular formula is C30H34BrF2N5O2. The van der Waals surface area contributed by atoms with Crippen LogP contribution in [0.25, 0.3) is 11.3 Å². The van der Waals surface area contributed by atoms with E-state index >= 15 is 0 Å². The lowest BCUT2D eigenvalue weighted by atomic mass is 10.0. The minimum absolute atomic E-state index is 0.0386. The third-order valence-electron chi connectivity index (χ3n) is 8.60. The monoisotopic (exact) mass is 613 g/mol. The van der Waals surface area contributed by atoms with Crippen LogP contribution in [-0.4, -0.2) is 75.5 Å². The molecule has 212 valence electrons. The number of fused-ring (bicyclic) bond motifs is 2. The predicted molar refractivity (Wildman–Crippen MR) is 153 cm³/mol. The summed E-state index contributed by atoms with van der Waals surface area (Å²) in [6.07, 6.45) is 3.16. The van der Waals surface area contributed by atoms with Crippen molar-refractivity contribution < 1.29 is 18.7 Å². The second-order valence-electron chi connectivity index (χ2n) is 11.2. The zero-order chi connectivity index (χ0) is 28.0. The SMILES string of the molecule is CC(=O)N1CCc2c(c(-c3ccc(F)c(F)c3)nn2CC(O)CN2CCC(N3CCc4cc(Br)ccc43)CC2)C1. The number of hydrogen-bond acceptors (Lipinski definition) is 5. The summed E-state index contributed by atoms with van der Waals surface area (Å²) in [5.41, 5.74) is 5.53. The Bertz CT molecular complexity index is 1420. The number of anilines is 1. The summed E-state index contributed by atoms with van der Waals surface area (Å²) in [7, 11) is 0. The Morgan fingerprint density at radius 3 is 2.60 bits per heavy atom. The van der Waals surface area contributed by atoms with Crippen molar-refractivity contribution in [3.8, 4) is 11.3 Å². The average Bonchev–Trinajstić information content (AvgIpc) is 3.51. The van der Waals surface area contributed by atoms with Crippen LogP contribution >= 0.6 is 15.9 Å². The summed E-state index contributed by atoms with van der Waals surface area (Å²) in [6.45, 7) is 6.21. The number of nitrogens with zero attached hydrogens (tertiary/aromatic N) is 5. The molecule has 0 aliphatic carbocycles. The fourth-order valence-electron chi connectivity index (χ4n) is 6.53. The Kier molecular flexibility index (Phi) is 7.67. The van der Waals surface area contributed by atoms with Crippen LogP contribution in [0.5, 0.6) is 0 Å². The first kappa shape index (κ1) is 27.4. The summed E-state index contributed by atoms with van der Waals surface area (Å²) in [6, 6.07) is 10.8. The van der Waals surface area contributed by atoms with Crippen LogP contribution in [0, 0.1) is 11.6 Å². The second-order valence-corrected chi connectivity index (χ2v) is 12.1. The van der Waals surface area contributed by atoms with Gasteiger partial charge in [-0.2, -0.15) is 5.10 Å². The topological polar surface area (TPSA) is 64.8 Å². The summed E-state index contributed by atoms with van der Waals surface area (Å²) >= 11 is 3.58. The third kappa shape index (κ3) is 5.41. The Labute approximate surface area is 241 Å². The van der Waals surface area contributed by atoms with Crippen molar-refractivity contribution in [1.82, 2.24) is 19.6 Å². The number of aliphatic hydroxyl groups excluding tert-OH is 1. The Morgan fingerprint density at radius 1 is 1.05 bits per heavy atom. The molecule has 0 spiro atoms. The molecule has 0 saturated carbocycles. The van der Waals surface area contributed by atoms with Gasteiger partial charge in [-0.1, -0.05) is 15.9 Å². The van der Waals surface area contributed by atoms with Gasteiger partial charge in [0.15, 0.2) is 11.6 Å². The highest BCUT2D eigenvalue weighted by Gasteiger charge is 2.31. The van der Waals surface area contributed by atoms with Gasteiger partial charge in [0.25, 0.3) is 0 Å². The molecule has 3 aliphatic heterocycles. The fraction of sp³-hybridized carbons (Fsp3) is 0.467. The maximum Gasteiger partial charge on any atom is 0.219 e. The maximum atomic E-state index is 14.1. The summed E-state index contributed by atoms with van der Waals surface area (Å²) in [5, 5.41) is 15.9.